The van der Waals surface area contributed by atoms with E-state index in [1.54, 1.807) is 0 Å². The second kappa shape index (κ2) is 4.33. The lowest BCUT2D eigenvalue weighted by Crippen LogP contribution is -2.11. The van der Waals surface area contributed by atoms with Crippen LogP contribution in [0.15, 0.2) is 24.3 Å². The maximum Gasteiger partial charge on any atom is 0.237 e. The van der Waals surface area contributed by atoms with Crippen LogP contribution in [0.25, 0.3) is 11.3 Å². The summed E-state index contributed by atoms with van der Waals surface area (Å²) in [4.78, 5) is 19.8. The van der Waals surface area contributed by atoms with Crippen LogP contribution in [-0.4, -0.2) is 15.9 Å². The number of aromatic nitrogens is 2. The second-order valence-electron chi connectivity index (χ2n) is 4.46. The number of benzene rings is 1. The zero-order chi connectivity index (χ0) is 13.4. The highest BCUT2D eigenvalue weighted by atomic mass is 16.1. The molecule has 0 saturated heterocycles. The van der Waals surface area contributed by atoms with Gasteiger partial charge in [-0.3, -0.25) is 10.2 Å². The first-order valence-electron chi connectivity index (χ1n) is 5.91. The smallest absolute Gasteiger partial charge is 0.237 e. The van der Waals surface area contributed by atoms with Crippen molar-refractivity contribution >= 4 is 17.5 Å². The highest BCUT2D eigenvalue weighted by molar-refractivity contribution is 5.99. The largest absolute Gasteiger partial charge is 0.326 e. The molecule has 6 heteroatoms. The van der Waals surface area contributed by atoms with Crippen LogP contribution in [-0.2, 0) is 11.2 Å². The number of nitrogens with one attached hydrogen (secondary N) is 2. The average molecular weight is 255 g/mol. The van der Waals surface area contributed by atoms with E-state index < -0.39 is 0 Å². The van der Waals surface area contributed by atoms with Crippen LogP contribution in [0.5, 0.6) is 0 Å². The van der Waals surface area contributed by atoms with Crippen molar-refractivity contribution in [3.63, 3.8) is 0 Å². The first-order chi connectivity index (χ1) is 9.15. The van der Waals surface area contributed by atoms with Gasteiger partial charge in [0.1, 0.15) is 0 Å². The number of nitrogens with zero attached hydrogens (tertiary/aromatic N) is 2. The molecule has 0 atom stereocenters. The van der Waals surface area contributed by atoms with Crippen molar-refractivity contribution in [3.8, 4) is 11.3 Å². The van der Waals surface area contributed by atoms with Crippen LogP contribution >= 0.6 is 0 Å². The Kier molecular flexibility index (Phi) is 2.64. The van der Waals surface area contributed by atoms with Crippen molar-refractivity contribution in [1.29, 1.82) is 0 Å². The molecule has 0 fully saturated rings. The molecule has 1 aliphatic rings. The molecule has 0 spiro atoms. The molecular weight excluding hydrogens is 242 g/mol. The maximum atomic E-state index is 11.3. The van der Waals surface area contributed by atoms with Crippen molar-refractivity contribution in [1.82, 2.24) is 9.97 Å². The number of aryl methyl sites for hydroxylation is 1. The molecule has 4 N–H and O–H groups in total. The van der Waals surface area contributed by atoms with E-state index in [4.69, 9.17) is 5.84 Å². The molecule has 0 aliphatic carbocycles. The number of nitrogens with two attached hydrogens (primary N) is 1. The van der Waals surface area contributed by atoms with Crippen LogP contribution in [0.3, 0.4) is 0 Å². The predicted molar refractivity (Wildman–Crippen MR) is 72.3 cm³/mol. The van der Waals surface area contributed by atoms with E-state index >= 15 is 0 Å². The van der Waals surface area contributed by atoms with Crippen molar-refractivity contribution in [3.05, 3.63) is 35.5 Å². The molecule has 1 aliphatic heterocycles. The van der Waals surface area contributed by atoms with Gasteiger partial charge < -0.3 is 5.32 Å². The van der Waals surface area contributed by atoms with E-state index in [2.05, 4.69) is 20.7 Å². The number of carbonyl (C=O) groups is 1. The summed E-state index contributed by atoms with van der Waals surface area (Å²) in [5, 5.41) is 2.81. The maximum absolute atomic E-state index is 11.3. The van der Waals surface area contributed by atoms with Crippen molar-refractivity contribution in [2.24, 2.45) is 5.84 Å². The number of anilines is 2. The number of amides is 1. The molecule has 1 aromatic carbocycles. The summed E-state index contributed by atoms with van der Waals surface area (Å²) in [6.45, 7) is 1.88. The Hall–Kier alpha value is -2.47. The van der Waals surface area contributed by atoms with E-state index in [1.807, 2.05) is 31.2 Å². The van der Waals surface area contributed by atoms with Gasteiger partial charge in [0.25, 0.3) is 0 Å². The molecule has 2 aromatic rings. The third kappa shape index (κ3) is 2.13. The third-order valence-corrected chi connectivity index (χ3v) is 3.01. The highest BCUT2D eigenvalue weighted by Crippen LogP contribution is 2.28. The molecule has 1 aromatic heterocycles. The lowest BCUT2D eigenvalue weighted by molar-refractivity contribution is -0.115. The third-order valence-electron chi connectivity index (χ3n) is 3.01. The van der Waals surface area contributed by atoms with Crippen LogP contribution < -0.4 is 16.6 Å². The Morgan fingerprint density at radius 2 is 2.16 bits per heavy atom. The van der Waals surface area contributed by atoms with E-state index in [9.17, 15) is 4.79 Å². The SMILES string of the molecule is Cc1cc(-c2ccc3c(c2)CC(=O)N3)nc(NN)n1. The van der Waals surface area contributed by atoms with Gasteiger partial charge in [0.05, 0.1) is 12.1 Å². The standard InChI is InChI=1S/C13H13N5O/c1-7-4-11(17-13(15-7)18-14)8-2-3-10-9(5-8)6-12(19)16-10/h2-5H,6,14H2,1H3,(H,16,19)(H,15,17,18). The van der Waals surface area contributed by atoms with Crippen molar-refractivity contribution < 1.29 is 4.79 Å². The monoisotopic (exact) mass is 255 g/mol. The minimum absolute atomic E-state index is 0.0235. The number of hydrogen-bond donors (Lipinski definition) is 3. The zero-order valence-electron chi connectivity index (χ0n) is 10.4. The fourth-order valence-electron chi connectivity index (χ4n) is 2.17. The van der Waals surface area contributed by atoms with Gasteiger partial charge in [-0.25, -0.2) is 15.8 Å². The summed E-state index contributed by atoms with van der Waals surface area (Å²) < 4.78 is 0. The average Bonchev–Trinajstić information content (AvgIpc) is 2.76. The number of fused-ring (bicyclic) bond motifs is 1. The number of carbonyl (C=O) groups excluding carboxylic acids is 1. The van der Waals surface area contributed by atoms with Crippen LogP contribution in [0.1, 0.15) is 11.3 Å². The first kappa shape index (κ1) is 11.6. The van der Waals surface area contributed by atoms with Gasteiger partial charge in [0, 0.05) is 16.9 Å². The fraction of sp³-hybridized carbons (Fsp3) is 0.154. The van der Waals surface area contributed by atoms with E-state index in [-0.39, 0.29) is 5.91 Å². The van der Waals surface area contributed by atoms with Gasteiger partial charge in [0.2, 0.25) is 11.9 Å². The summed E-state index contributed by atoms with van der Waals surface area (Å²) in [5.41, 5.74) is 6.86. The molecule has 3 rings (SSSR count). The summed E-state index contributed by atoms with van der Waals surface area (Å²) >= 11 is 0. The van der Waals surface area contributed by atoms with Crippen LogP contribution in [0.4, 0.5) is 11.6 Å². The molecule has 0 radical (unpaired) electrons. The summed E-state index contributed by atoms with van der Waals surface area (Å²) in [6.07, 6.45) is 0.412. The quantitative estimate of drug-likeness (QED) is 0.554. The molecule has 0 unspecified atom stereocenters. The summed E-state index contributed by atoms with van der Waals surface area (Å²) in [7, 11) is 0. The topological polar surface area (TPSA) is 92.9 Å². The number of hydrogen-bond acceptors (Lipinski definition) is 5. The Morgan fingerprint density at radius 1 is 1.32 bits per heavy atom. The predicted octanol–water partition coefficient (Wildman–Crippen LogP) is 1.23. The minimum Gasteiger partial charge on any atom is -0.326 e. The first-order valence-corrected chi connectivity index (χ1v) is 5.91. The minimum atomic E-state index is 0.0235. The van der Waals surface area contributed by atoms with Gasteiger partial charge in [-0.2, -0.15) is 0 Å². The summed E-state index contributed by atoms with van der Waals surface area (Å²) in [6, 6.07) is 7.66. The second-order valence-corrected chi connectivity index (χ2v) is 4.46. The molecule has 19 heavy (non-hydrogen) atoms. The summed E-state index contributed by atoms with van der Waals surface area (Å²) in [5.74, 6) is 5.75. The Morgan fingerprint density at radius 3 is 2.95 bits per heavy atom. The normalized spacial score (nSPS) is 13.1. The van der Waals surface area contributed by atoms with Gasteiger partial charge in [-0.05, 0) is 30.7 Å². The number of nitrogen functional groups attached to an aromatic ring is 1. The van der Waals surface area contributed by atoms with Gasteiger partial charge in [-0.15, -0.1) is 0 Å². The molecule has 1 amide bonds. The van der Waals surface area contributed by atoms with Crippen molar-refractivity contribution in [2.75, 3.05) is 10.7 Å². The van der Waals surface area contributed by atoms with E-state index in [0.29, 0.717) is 12.4 Å². The lowest BCUT2D eigenvalue weighted by atomic mass is 10.1. The molecule has 0 saturated carbocycles. The van der Waals surface area contributed by atoms with Gasteiger partial charge in [0.15, 0.2) is 0 Å². The Labute approximate surface area is 110 Å². The number of rotatable bonds is 2. The fourth-order valence-corrected chi connectivity index (χ4v) is 2.17. The van der Waals surface area contributed by atoms with Gasteiger partial charge in [-0.1, -0.05) is 6.07 Å². The molecule has 6 nitrogen and oxygen atoms in total. The Balaban J connectivity index is 2.06. The molecule has 96 valence electrons. The van der Waals surface area contributed by atoms with E-state index in [0.717, 1.165) is 28.2 Å². The van der Waals surface area contributed by atoms with E-state index in [1.165, 1.54) is 0 Å². The lowest BCUT2D eigenvalue weighted by Gasteiger charge is -2.07. The highest BCUT2D eigenvalue weighted by Gasteiger charge is 2.18. The van der Waals surface area contributed by atoms with Crippen LogP contribution in [0, 0.1) is 6.92 Å². The molecule has 0 bridgehead atoms. The van der Waals surface area contributed by atoms with Crippen molar-refractivity contribution in [2.45, 2.75) is 13.3 Å². The molecular formula is C13H13N5O. The Bertz CT molecular complexity index is 668. The number of hydrazine groups is 1. The molecule has 2 heterocycles. The van der Waals surface area contributed by atoms with Gasteiger partial charge >= 0.3 is 0 Å². The van der Waals surface area contributed by atoms with Crippen LogP contribution in [0.2, 0.25) is 0 Å². The zero-order valence-corrected chi connectivity index (χ0v) is 10.4.